The number of aliphatic hydroxyl groups is 3. The van der Waals surface area contributed by atoms with Gasteiger partial charge in [0.25, 0.3) is 5.56 Å². The first-order valence-electron chi connectivity index (χ1n) is 6.09. The van der Waals surface area contributed by atoms with Crippen molar-refractivity contribution >= 4 is 22.2 Å². The minimum Gasteiger partial charge on any atom is -0.387 e. The number of nitriles is 1. The lowest BCUT2D eigenvalue weighted by molar-refractivity contribution is -0.102. The molecule has 1 aliphatic carbocycles. The first-order chi connectivity index (χ1) is 9.96. The van der Waals surface area contributed by atoms with Crippen molar-refractivity contribution in [1.82, 2.24) is 9.97 Å². The van der Waals surface area contributed by atoms with Gasteiger partial charge in [0, 0.05) is 5.38 Å². The third-order valence-corrected chi connectivity index (χ3v) is 5.23. The highest BCUT2D eigenvalue weighted by molar-refractivity contribution is 7.11. The van der Waals surface area contributed by atoms with Gasteiger partial charge in [-0.2, -0.15) is 5.26 Å². The molecule has 5 atom stereocenters. The molecule has 1 unspecified atom stereocenters. The van der Waals surface area contributed by atoms with E-state index in [1.54, 1.807) is 0 Å². The summed E-state index contributed by atoms with van der Waals surface area (Å²) in [6.07, 6.45) is -2.68. The number of nitrogens with zero attached hydrogens (tertiary/aromatic N) is 2. The predicted molar refractivity (Wildman–Crippen MR) is 69.4 cm³/mol. The zero-order chi connectivity index (χ0) is 15.0. The van der Waals surface area contributed by atoms with Gasteiger partial charge in [0.2, 0.25) is 5.60 Å². The standard InChI is InChI=1S/C12H9N3O5S/c13-2-11(10(18)12(19)6(16)7(12)20-11)8-5-4(1-21-8)9(17)15-3-14-5/h1,3,6-7,10,16,18-19H,(H,14,15,17)/t6?,7-,10+,11+,12-/m1/s1. The van der Waals surface area contributed by atoms with E-state index in [9.17, 15) is 25.4 Å². The molecule has 4 N–H and O–H groups in total. The third kappa shape index (κ3) is 1.27. The fourth-order valence-corrected chi connectivity index (χ4v) is 3.97. The molecule has 2 fully saturated rings. The van der Waals surface area contributed by atoms with Crippen LogP contribution in [0.1, 0.15) is 4.88 Å². The van der Waals surface area contributed by atoms with E-state index in [4.69, 9.17) is 4.74 Å². The minimum atomic E-state index is -1.85. The molecule has 108 valence electrons. The van der Waals surface area contributed by atoms with E-state index in [0.717, 1.165) is 11.3 Å². The van der Waals surface area contributed by atoms with Gasteiger partial charge in [-0.3, -0.25) is 4.79 Å². The van der Waals surface area contributed by atoms with Gasteiger partial charge in [-0.25, -0.2) is 4.98 Å². The molecule has 0 spiro atoms. The number of thiophene rings is 1. The van der Waals surface area contributed by atoms with Crippen LogP contribution in [0.3, 0.4) is 0 Å². The molecule has 1 saturated heterocycles. The van der Waals surface area contributed by atoms with Gasteiger partial charge in [-0.1, -0.05) is 0 Å². The van der Waals surface area contributed by atoms with E-state index in [1.165, 1.54) is 11.7 Å². The zero-order valence-electron chi connectivity index (χ0n) is 10.3. The molecule has 21 heavy (non-hydrogen) atoms. The number of aliphatic hydroxyl groups excluding tert-OH is 2. The highest BCUT2D eigenvalue weighted by Crippen LogP contribution is 2.58. The van der Waals surface area contributed by atoms with E-state index in [1.807, 2.05) is 6.07 Å². The largest absolute Gasteiger partial charge is 0.387 e. The summed E-state index contributed by atoms with van der Waals surface area (Å²) in [5.41, 5.74) is -3.82. The summed E-state index contributed by atoms with van der Waals surface area (Å²) in [5, 5.41) is 41.3. The van der Waals surface area contributed by atoms with E-state index >= 15 is 0 Å². The van der Waals surface area contributed by atoms with Gasteiger partial charge in [0.1, 0.15) is 24.4 Å². The zero-order valence-corrected chi connectivity index (χ0v) is 11.2. The molecular weight excluding hydrogens is 298 g/mol. The molecule has 0 amide bonds. The van der Waals surface area contributed by atoms with Crippen LogP contribution in [0, 0.1) is 11.3 Å². The van der Waals surface area contributed by atoms with Crippen molar-refractivity contribution in [1.29, 1.82) is 5.26 Å². The number of fused-ring (bicyclic) bond motifs is 2. The van der Waals surface area contributed by atoms with Crippen LogP contribution in [-0.4, -0.2) is 49.2 Å². The Kier molecular flexibility index (Phi) is 2.25. The highest BCUT2D eigenvalue weighted by Gasteiger charge is 2.81. The monoisotopic (exact) mass is 307 g/mol. The molecule has 0 aromatic carbocycles. The van der Waals surface area contributed by atoms with Crippen molar-refractivity contribution in [2.24, 2.45) is 0 Å². The maximum Gasteiger partial charge on any atom is 0.259 e. The van der Waals surface area contributed by atoms with E-state index in [0.29, 0.717) is 0 Å². The first-order valence-corrected chi connectivity index (χ1v) is 6.97. The summed E-state index contributed by atoms with van der Waals surface area (Å²) in [7, 11) is 0. The Morgan fingerprint density at radius 2 is 2.29 bits per heavy atom. The molecule has 9 heteroatoms. The van der Waals surface area contributed by atoms with Gasteiger partial charge >= 0.3 is 0 Å². The Morgan fingerprint density at radius 3 is 2.90 bits per heavy atom. The Balaban J connectivity index is 1.94. The average Bonchev–Trinajstić information content (AvgIpc) is 2.84. The van der Waals surface area contributed by atoms with Crippen LogP contribution >= 0.6 is 11.3 Å². The molecule has 0 radical (unpaired) electrons. The van der Waals surface area contributed by atoms with Gasteiger partial charge in [-0.15, -0.1) is 11.3 Å². The normalized spacial score (nSPS) is 41.0. The lowest BCUT2D eigenvalue weighted by atomic mass is 9.91. The minimum absolute atomic E-state index is 0.240. The molecule has 3 heterocycles. The van der Waals surface area contributed by atoms with Crippen LogP contribution < -0.4 is 5.56 Å². The first kappa shape index (κ1) is 12.9. The van der Waals surface area contributed by atoms with Crippen molar-refractivity contribution in [2.45, 2.75) is 29.5 Å². The SMILES string of the molecule is N#C[C@@]1(c2scc3c(=O)[nH]cnc23)O[C@@H]2C(O)[C@]2(O)[C@H]1O. The summed E-state index contributed by atoms with van der Waals surface area (Å²) in [6, 6.07) is 1.86. The van der Waals surface area contributed by atoms with Crippen LogP contribution in [-0.2, 0) is 10.3 Å². The van der Waals surface area contributed by atoms with Gasteiger partial charge in [0.05, 0.1) is 22.1 Å². The summed E-state index contributed by atoms with van der Waals surface area (Å²) >= 11 is 1.04. The van der Waals surface area contributed by atoms with E-state index in [-0.39, 0.29) is 21.3 Å². The van der Waals surface area contributed by atoms with E-state index in [2.05, 4.69) is 9.97 Å². The maximum atomic E-state index is 11.7. The average molecular weight is 307 g/mol. The number of aromatic nitrogens is 2. The lowest BCUT2D eigenvalue weighted by Crippen LogP contribution is -2.46. The predicted octanol–water partition coefficient (Wildman–Crippen LogP) is -1.43. The topological polar surface area (TPSA) is 139 Å². The number of ether oxygens (including phenoxy) is 1. The van der Waals surface area contributed by atoms with Crippen molar-refractivity contribution in [3.05, 3.63) is 26.9 Å². The molecular formula is C12H9N3O5S. The smallest absolute Gasteiger partial charge is 0.259 e. The Bertz CT molecular complexity index is 856. The van der Waals surface area contributed by atoms with Crippen LogP contribution in [0.4, 0.5) is 0 Å². The third-order valence-electron chi connectivity index (χ3n) is 4.15. The molecule has 2 aromatic rings. The molecule has 8 nitrogen and oxygen atoms in total. The summed E-state index contributed by atoms with van der Waals surface area (Å²) in [6.45, 7) is 0. The van der Waals surface area contributed by atoms with Crippen LogP contribution in [0.5, 0.6) is 0 Å². The van der Waals surface area contributed by atoms with Crippen LogP contribution in [0.25, 0.3) is 10.9 Å². The molecule has 2 aliphatic rings. The molecule has 2 aromatic heterocycles. The molecule has 1 saturated carbocycles. The molecule has 0 bridgehead atoms. The fraction of sp³-hybridized carbons (Fsp3) is 0.417. The summed E-state index contributed by atoms with van der Waals surface area (Å²) < 4.78 is 5.44. The van der Waals surface area contributed by atoms with Crippen molar-refractivity contribution in [3.63, 3.8) is 0 Å². The number of hydrogen-bond donors (Lipinski definition) is 4. The molecule has 1 aliphatic heterocycles. The van der Waals surface area contributed by atoms with Gasteiger partial charge in [0.15, 0.2) is 5.60 Å². The van der Waals surface area contributed by atoms with Gasteiger partial charge < -0.3 is 25.0 Å². The number of hydrogen-bond acceptors (Lipinski definition) is 8. The second-order valence-electron chi connectivity index (χ2n) is 5.18. The maximum absolute atomic E-state index is 11.7. The van der Waals surface area contributed by atoms with Crippen molar-refractivity contribution in [2.75, 3.05) is 0 Å². The number of H-pyrrole nitrogens is 1. The van der Waals surface area contributed by atoms with Crippen LogP contribution in [0.2, 0.25) is 0 Å². The summed E-state index contributed by atoms with van der Waals surface area (Å²) in [5.74, 6) is 0. The second kappa shape index (κ2) is 3.68. The second-order valence-corrected chi connectivity index (χ2v) is 6.06. The Morgan fingerprint density at radius 1 is 1.52 bits per heavy atom. The fourth-order valence-electron chi connectivity index (χ4n) is 2.86. The lowest BCUT2D eigenvalue weighted by Gasteiger charge is -2.28. The highest BCUT2D eigenvalue weighted by atomic mass is 32.1. The van der Waals surface area contributed by atoms with Crippen molar-refractivity contribution < 1.29 is 20.1 Å². The Labute approximate surface area is 120 Å². The van der Waals surface area contributed by atoms with Crippen molar-refractivity contribution in [3.8, 4) is 6.07 Å². The number of rotatable bonds is 1. The van der Waals surface area contributed by atoms with Crippen LogP contribution in [0.15, 0.2) is 16.5 Å². The Hall–Kier alpha value is -1.83. The van der Waals surface area contributed by atoms with Gasteiger partial charge in [-0.05, 0) is 0 Å². The summed E-state index contributed by atoms with van der Waals surface area (Å²) in [4.78, 5) is 18.4. The number of aromatic amines is 1. The quantitative estimate of drug-likeness (QED) is 0.506. The number of nitrogens with one attached hydrogen (secondary N) is 1. The molecule has 4 rings (SSSR count). The van der Waals surface area contributed by atoms with E-state index < -0.39 is 29.5 Å².